The van der Waals surface area contributed by atoms with Crippen molar-refractivity contribution in [1.29, 1.82) is 0 Å². The Balaban J connectivity index is 1.71. The standard InChI is InChI=1S/C20H24F3N5O3/c1-3-16(29)28-7-4-12(15(11-28)31-2)8-13-9-25-18-17(27-13)14(10-26-18)19(30)24-6-5-20(21,22)23/h3,9-10,12,15H,1,4-8,11H2,2H3,(H,24,30)(H,25,26)/t12-,15-/m0/s1. The molecule has 168 valence electrons. The van der Waals surface area contributed by atoms with E-state index in [0.717, 1.165) is 0 Å². The number of piperidine rings is 1. The molecule has 11 heteroatoms. The van der Waals surface area contributed by atoms with Gasteiger partial charge in [0.15, 0.2) is 5.65 Å². The predicted molar refractivity (Wildman–Crippen MR) is 106 cm³/mol. The minimum Gasteiger partial charge on any atom is -0.379 e. The third kappa shape index (κ3) is 5.60. The highest BCUT2D eigenvalue weighted by molar-refractivity contribution is 6.04. The van der Waals surface area contributed by atoms with Gasteiger partial charge in [0.2, 0.25) is 5.91 Å². The van der Waals surface area contributed by atoms with Crippen LogP contribution in [0.25, 0.3) is 11.2 Å². The van der Waals surface area contributed by atoms with E-state index in [2.05, 4.69) is 26.8 Å². The number of halogens is 3. The van der Waals surface area contributed by atoms with Crippen molar-refractivity contribution in [2.75, 3.05) is 26.7 Å². The topological polar surface area (TPSA) is 100 Å². The Labute approximate surface area is 176 Å². The number of hydrogen-bond donors (Lipinski definition) is 2. The molecule has 0 spiro atoms. The van der Waals surface area contributed by atoms with Crippen LogP contribution in [0.1, 0.15) is 28.9 Å². The van der Waals surface area contributed by atoms with Gasteiger partial charge in [-0.2, -0.15) is 13.2 Å². The predicted octanol–water partition coefficient (Wildman–Crippen LogP) is 2.23. The second-order valence-electron chi connectivity index (χ2n) is 7.40. The maximum atomic E-state index is 12.3. The lowest BCUT2D eigenvalue weighted by molar-refractivity contribution is -0.133. The molecule has 0 unspecified atom stereocenters. The fourth-order valence-corrected chi connectivity index (χ4v) is 3.68. The lowest BCUT2D eigenvalue weighted by atomic mass is 9.89. The Bertz CT molecular complexity index is 959. The summed E-state index contributed by atoms with van der Waals surface area (Å²) < 4.78 is 42.5. The molecule has 2 aromatic rings. The van der Waals surface area contributed by atoms with Gasteiger partial charge >= 0.3 is 6.18 Å². The van der Waals surface area contributed by atoms with Crippen LogP contribution < -0.4 is 5.32 Å². The van der Waals surface area contributed by atoms with Gasteiger partial charge in [-0.1, -0.05) is 6.58 Å². The van der Waals surface area contributed by atoms with Crippen molar-refractivity contribution >= 4 is 23.0 Å². The SMILES string of the molecule is C=CC(=O)N1CC[C@@H](Cc2cnc3[nH]cc(C(=O)NCCC(F)(F)F)c3n2)[C@@H](OC)C1. The lowest BCUT2D eigenvalue weighted by Crippen LogP contribution is -2.47. The van der Waals surface area contributed by atoms with Crippen LogP contribution >= 0.6 is 0 Å². The Kier molecular flexibility index (Phi) is 6.94. The molecule has 8 nitrogen and oxygen atoms in total. The van der Waals surface area contributed by atoms with E-state index in [-0.39, 0.29) is 23.5 Å². The number of ether oxygens (including phenoxy) is 1. The number of alkyl halides is 3. The first-order chi connectivity index (χ1) is 14.7. The number of aromatic nitrogens is 3. The molecule has 2 amide bonds. The quantitative estimate of drug-likeness (QED) is 0.645. The summed E-state index contributed by atoms with van der Waals surface area (Å²) in [6.45, 7) is 4.01. The Morgan fingerprint density at radius 3 is 2.90 bits per heavy atom. The second-order valence-corrected chi connectivity index (χ2v) is 7.40. The number of methoxy groups -OCH3 is 1. The number of nitrogens with one attached hydrogen (secondary N) is 2. The Morgan fingerprint density at radius 2 is 2.23 bits per heavy atom. The molecule has 2 aromatic heterocycles. The van der Waals surface area contributed by atoms with Gasteiger partial charge in [0.05, 0.1) is 30.0 Å². The number of likely N-dealkylation sites (tertiary alicyclic amines) is 1. The number of nitrogens with zero attached hydrogens (tertiary/aromatic N) is 3. The normalized spacial score (nSPS) is 19.4. The van der Waals surface area contributed by atoms with Crippen LogP contribution in [0.5, 0.6) is 0 Å². The molecule has 0 aliphatic carbocycles. The van der Waals surface area contributed by atoms with Gasteiger partial charge in [-0.25, -0.2) is 9.97 Å². The molecule has 1 saturated heterocycles. The van der Waals surface area contributed by atoms with Crippen LogP contribution in [-0.2, 0) is 16.0 Å². The first-order valence-electron chi connectivity index (χ1n) is 9.84. The molecule has 0 radical (unpaired) electrons. The molecule has 2 N–H and O–H groups in total. The highest BCUT2D eigenvalue weighted by Crippen LogP contribution is 2.25. The maximum Gasteiger partial charge on any atom is 0.390 e. The summed E-state index contributed by atoms with van der Waals surface area (Å²) in [5.74, 6) is -0.697. The minimum absolute atomic E-state index is 0.0913. The number of amides is 2. The smallest absolute Gasteiger partial charge is 0.379 e. The van der Waals surface area contributed by atoms with Crippen molar-refractivity contribution in [3.63, 3.8) is 0 Å². The zero-order valence-electron chi connectivity index (χ0n) is 17.0. The van der Waals surface area contributed by atoms with Crippen LogP contribution in [0.4, 0.5) is 13.2 Å². The molecule has 1 aliphatic heterocycles. The number of H-pyrrole nitrogens is 1. The summed E-state index contributed by atoms with van der Waals surface area (Å²) in [5.41, 5.74) is 1.45. The molecule has 3 rings (SSSR count). The maximum absolute atomic E-state index is 12.3. The molecule has 1 aliphatic rings. The van der Waals surface area contributed by atoms with Crippen molar-refractivity contribution < 1.29 is 27.5 Å². The lowest BCUT2D eigenvalue weighted by Gasteiger charge is -2.37. The Morgan fingerprint density at radius 1 is 1.45 bits per heavy atom. The first kappa shape index (κ1) is 22.7. The summed E-state index contributed by atoms with van der Waals surface area (Å²) in [7, 11) is 1.59. The van der Waals surface area contributed by atoms with Gasteiger partial charge in [0.1, 0.15) is 5.52 Å². The van der Waals surface area contributed by atoms with Gasteiger partial charge in [-0.15, -0.1) is 0 Å². The van der Waals surface area contributed by atoms with Crippen molar-refractivity contribution in [2.24, 2.45) is 5.92 Å². The van der Waals surface area contributed by atoms with E-state index in [4.69, 9.17) is 4.74 Å². The van der Waals surface area contributed by atoms with Gasteiger partial charge in [0, 0.05) is 32.9 Å². The molecule has 3 heterocycles. The number of rotatable bonds is 7. The molecule has 2 atom stereocenters. The fraction of sp³-hybridized carbons (Fsp3) is 0.500. The molecule has 0 bridgehead atoms. The van der Waals surface area contributed by atoms with E-state index in [1.54, 1.807) is 18.2 Å². The van der Waals surface area contributed by atoms with Crippen LogP contribution in [0.15, 0.2) is 25.0 Å². The molecular formula is C20H24F3N5O3. The third-order valence-electron chi connectivity index (χ3n) is 5.33. The zero-order chi connectivity index (χ0) is 22.6. The molecule has 0 aromatic carbocycles. The monoisotopic (exact) mass is 439 g/mol. The van der Waals surface area contributed by atoms with Crippen molar-refractivity contribution in [3.8, 4) is 0 Å². The fourth-order valence-electron chi connectivity index (χ4n) is 3.68. The number of carbonyl (C=O) groups excluding carboxylic acids is 2. The van der Waals surface area contributed by atoms with Gasteiger partial charge < -0.3 is 19.9 Å². The number of hydrogen-bond acceptors (Lipinski definition) is 5. The van der Waals surface area contributed by atoms with Crippen LogP contribution in [0, 0.1) is 5.92 Å². The highest BCUT2D eigenvalue weighted by atomic mass is 19.4. The largest absolute Gasteiger partial charge is 0.390 e. The van der Waals surface area contributed by atoms with E-state index >= 15 is 0 Å². The Hall–Kier alpha value is -2.95. The summed E-state index contributed by atoms with van der Waals surface area (Å²) >= 11 is 0. The molecule has 1 fully saturated rings. The van der Waals surface area contributed by atoms with Crippen LogP contribution in [0.3, 0.4) is 0 Å². The van der Waals surface area contributed by atoms with Crippen LogP contribution in [0.2, 0.25) is 0 Å². The number of fused-ring (bicyclic) bond motifs is 1. The van der Waals surface area contributed by atoms with E-state index < -0.39 is 25.0 Å². The summed E-state index contributed by atoms with van der Waals surface area (Å²) in [6, 6.07) is 0. The van der Waals surface area contributed by atoms with Gasteiger partial charge in [-0.05, 0) is 24.8 Å². The van der Waals surface area contributed by atoms with E-state index in [9.17, 15) is 22.8 Å². The summed E-state index contributed by atoms with van der Waals surface area (Å²) in [4.78, 5) is 37.5. The van der Waals surface area contributed by atoms with Crippen molar-refractivity contribution in [3.05, 3.63) is 36.3 Å². The van der Waals surface area contributed by atoms with Gasteiger partial charge in [0.25, 0.3) is 5.91 Å². The molecule has 31 heavy (non-hydrogen) atoms. The third-order valence-corrected chi connectivity index (χ3v) is 5.33. The first-order valence-corrected chi connectivity index (χ1v) is 9.84. The van der Waals surface area contributed by atoms with Crippen molar-refractivity contribution in [2.45, 2.75) is 31.5 Å². The molecular weight excluding hydrogens is 415 g/mol. The van der Waals surface area contributed by atoms with Crippen molar-refractivity contribution in [1.82, 2.24) is 25.2 Å². The van der Waals surface area contributed by atoms with Gasteiger partial charge in [-0.3, -0.25) is 9.59 Å². The average Bonchev–Trinajstić information content (AvgIpc) is 3.15. The summed E-state index contributed by atoms with van der Waals surface area (Å²) in [5, 5.41) is 2.26. The number of aromatic amines is 1. The minimum atomic E-state index is -4.34. The second kappa shape index (κ2) is 9.46. The summed E-state index contributed by atoms with van der Waals surface area (Å²) in [6.07, 6.45) is -0.153. The van der Waals surface area contributed by atoms with E-state index in [1.165, 1.54) is 12.3 Å². The number of carbonyl (C=O) groups is 2. The van der Waals surface area contributed by atoms with Crippen LogP contribution in [-0.4, -0.2) is 70.7 Å². The zero-order valence-corrected chi connectivity index (χ0v) is 17.0. The van der Waals surface area contributed by atoms with E-state index in [1.807, 2.05) is 0 Å². The average molecular weight is 439 g/mol. The highest BCUT2D eigenvalue weighted by Gasteiger charge is 2.31. The molecule has 0 saturated carbocycles. The van der Waals surface area contributed by atoms with E-state index in [0.29, 0.717) is 42.8 Å².